The van der Waals surface area contributed by atoms with E-state index >= 15 is 0 Å². The molecule has 3 heteroatoms. The van der Waals surface area contributed by atoms with E-state index in [1.165, 1.54) is 6.08 Å². The molecule has 0 radical (unpaired) electrons. The summed E-state index contributed by atoms with van der Waals surface area (Å²) in [7, 11) is 0. The van der Waals surface area contributed by atoms with Crippen molar-refractivity contribution >= 4 is 12.0 Å². The number of carboxylic acids is 1. The Kier molecular flexibility index (Phi) is 2.90. The predicted molar refractivity (Wildman–Crippen MR) is 46.6 cm³/mol. The maximum atomic E-state index is 10.0. The minimum absolute atomic E-state index is 0.939. The van der Waals surface area contributed by atoms with E-state index in [9.17, 15) is 4.79 Å². The normalized spacial score (nSPS) is 11.3. The number of H-pyrrole nitrogens is 1. The lowest BCUT2D eigenvalue weighted by Crippen LogP contribution is -1.84. The van der Waals surface area contributed by atoms with Gasteiger partial charge in [-0.15, -0.1) is 0 Å². The summed E-state index contributed by atoms with van der Waals surface area (Å²) in [5.74, 6) is -0.939. The van der Waals surface area contributed by atoms with Gasteiger partial charge in [-0.25, -0.2) is 4.79 Å². The Labute approximate surface area is 70.0 Å². The van der Waals surface area contributed by atoms with Gasteiger partial charge in [-0.2, -0.15) is 0 Å². The maximum Gasteiger partial charge on any atom is 0.328 e. The SMILES string of the molecule is O=C(O)/C=C/C=C/c1ccc[nH]1. The van der Waals surface area contributed by atoms with Crippen LogP contribution in [0.25, 0.3) is 6.08 Å². The number of aromatic nitrogens is 1. The monoisotopic (exact) mass is 163 g/mol. The molecule has 1 aromatic rings. The number of carbonyl (C=O) groups is 1. The fourth-order valence-electron chi connectivity index (χ4n) is 0.745. The van der Waals surface area contributed by atoms with Crippen LogP contribution in [-0.4, -0.2) is 16.1 Å². The van der Waals surface area contributed by atoms with Crippen LogP contribution in [-0.2, 0) is 4.79 Å². The highest BCUT2D eigenvalue weighted by atomic mass is 16.4. The third kappa shape index (κ3) is 2.88. The van der Waals surface area contributed by atoms with E-state index in [1.54, 1.807) is 18.3 Å². The van der Waals surface area contributed by atoms with Crippen molar-refractivity contribution in [3.05, 3.63) is 42.3 Å². The first-order chi connectivity index (χ1) is 5.79. The molecular formula is C9H9NO2. The molecule has 0 bridgehead atoms. The van der Waals surface area contributed by atoms with Crippen LogP contribution >= 0.6 is 0 Å². The van der Waals surface area contributed by atoms with Crippen molar-refractivity contribution < 1.29 is 9.90 Å². The van der Waals surface area contributed by atoms with E-state index < -0.39 is 5.97 Å². The van der Waals surface area contributed by atoms with Gasteiger partial charge in [0.05, 0.1) is 0 Å². The number of carboxylic acid groups (broad SMARTS) is 1. The summed E-state index contributed by atoms with van der Waals surface area (Å²) >= 11 is 0. The van der Waals surface area contributed by atoms with Crippen molar-refractivity contribution in [3.8, 4) is 0 Å². The highest BCUT2D eigenvalue weighted by Gasteiger charge is 1.82. The van der Waals surface area contributed by atoms with Gasteiger partial charge in [-0.3, -0.25) is 0 Å². The van der Waals surface area contributed by atoms with E-state index in [-0.39, 0.29) is 0 Å². The van der Waals surface area contributed by atoms with Crippen molar-refractivity contribution in [2.45, 2.75) is 0 Å². The highest BCUT2D eigenvalue weighted by Crippen LogP contribution is 1.96. The molecule has 0 atom stereocenters. The second kappa shape index (κ2) is 4.18. The van der Waals surface area contributed by atoms with Crippen molar-refractivity contribution in [2.24, 2.45) is 0 Å². The van der Waals surface area contributed by atoms with Crippen LogP contribution in [0, 0.1) is 0 Å². The van der Waals surface area contributed by atoms with Gasteiger partial charge in [0.2, 0.25) is 0 Å². The van der Waals surface area contributed by atoms with Crippen molar-refractivity contribution in [3.63, 3.8) is 0 Å². The third-order valence-electron chi connectivity index (χ3n) is 1.25. The fraction of sp³-hybridized carbons (Fsp3) is 0. The lowest BCUT2D eigenvalue weighted by Gasteiger charge is -1.80. The first-order valence-electron chi connectivity index (χ1n) is 3.50. The molecule has 0 aliphatic heterocycles. The first kappa shape index (κ1) is 8.33. The summed E-state index contributed by atoms with van der Waals surface area (Å²) < 4.78 is 0. The Morgan fingerprint density at radius 3 is 2.92 bits per heavy atom. The summed E-state index contributed by atoms with van der Waals surface area (Å²) in [5.41, 5.74) is 0.949. The number of aliphatic carboxylic acids is 1. The van der Waals surface area contributed by atoms with Crippen LogP contribution in [0.3, 0.4) is 0 Å². The van der Waals surface area contributed by atoms with Gasteiger partial charge in [0.1, 0.15) is 0 Å². The summed E-state index contributed by atoms with van der Waals surface area (Å²) in [6.07, 6.45) is 7.82. The summed E-state index contributed by atoms with van der Waals surface area (Å²) in [5, 5.41) is 8.24. The molecule has 0 amide bonds. The molecule has 12 heavy (non-hydrogen) atoms. The van der Waals surface area contributed by atoms with Crippen LogP contribution < -0.4 is 0 Å². The van der Waals surface area contributed by atoms with Gasteiger partial charge in [-0.05, 0) is 18.2 Å². The van der Waals surface area contributed by atoms with E-state index in [0.29, 0.717) is 0 Å². The molecule has 3 nitrogen and oxygen atoms in total. The topological polar surface area (TPSA) is 53.1 Å². The summed E-state index contributed by atoms with van der Waals surface area (Å²) in [6.45, 7) is 0. The average molecular weight is 163 g/mol. The van der Waals surface area contributed by atoms with Crippen molar-refractivity contribution in [1.29, 1.82) is 0 Å². The lowest BCUT2D eigenvalue weighted by atomic mass is 10.3. The molecule has 0 spiro atoms. The van der Waals surface area contributed by atoms with Crippen molar-refractivity contribution in [2.75, 3.05) is 0 Å². The van der Waals surface area contributed by atoms with Gasteiger partial charge in [-0.1, -0.05) is 12.2 Å². The number of rotatable bonds is 3. The molecule has 0 aliphatic rings. The molecule has 1 heterocycles. The Bertz CT molecular complexity index is 296. The Morgan fingerprint density at radius 1 is 1.50 bits per heavy atom. The molecular weight excluding hydrogens is 154 g/mol. The maximum absolute atomic E-state index is 10.0. The smallest absolute Gasteiger partial charge is 0.328 e. The molecule has 1 aromatic heterocycles. The van der Waals surface area contributed by atoms with Crippen LogP contribution in [0.2, 0.25) is 0 Å². The van der Waals surface area contributed by atoms with Gasteiger partial charge in [0, 0.05) is 18.0 Å². The Balaban J connectivity index is 2.47. The van der Waals surface area contributed by atoms with Gasteiger partial charge in [0.15, 0.2) is 0 Å². The molecule has 0 unspecified atom stereocenters. The molecule has 0 aromatic carbocycles. The van der Waals surface area contributed by atoms with Gasteiger partial charge < -0.3 is 10.1 Å². The molecule has 0 saturated carbocycles. The zero-order chi connectivity index (χ0) is 8.81. The minimum atomic E-state index is -0.939. The minimum Gasteiger partial charge on any atom is -0.478 e. The second-order valence-electron chi connectivity index (χ2n) is 2.18. The van der Waals surface area contributed by atoms with Gasteiger partial charge in [0.25, 0.3) is 0 Å². The number of aromatic amines is 1. The molecule has 2 N–H and O–H groups in total. The van der Waals surface area contributed by atoms with E-state index in [1.807, 2.05) is 12.1 Å². The molecule has 0 saturated heterocycles. The van der Waals surface area contributed by atoms with Crippen LogP contribution in [0.5, 0.6) is 0 Å². The van der Waals surface area contributed by atoms with Crippen LogP contribution in [0.4, 0.5) is 0 Å². The van der Waals surface area contributed by atoms with E-state index in [2.05, 4.69) is 4.98 Å². The number of nitrogens with one attached hydrogen (secondary N) is 1. The zero-order valence-electron chi connectivity index (χ0n) is 6.40. The Morgan fingerprint density at radius 2 is 2.33 bits per heavy atom. The number of hydrogen-bond acceptors (Lipinski definition) is 1. The fourth-order valence-corrected chi connectivity index (χ4v) is 0.745. The first-order valence-corrected chi connectivity index (χ1v) is 3.50. The molecule has 62 valence electrons. The van der Waals surface area contributed by atoms with Gasteiger partial charge >= 0.3 is 5.97 Å². The zero-order valence-corrected chi connectivity index (χ0v) is 6.40. The molecule has 1 rings (SSSR count). The molecule has 0 fully saturated rings. The lowest BCUT2D eigenvalue weighted by molar-refractivity contribution is -0.131. The van der Waals surface area contributed by atoms with E-state index in [4.69, 9.17) is 5.11 Å². The molecule has 0 aliphatic carbocycles. The van der Waals surface area contributed by atoms with Crippen LogP contribution in [0.15, 0.2) is 36.6 Å². The number of allylic oxidation sites excluding steroid dienone is 2. The van der Waals surface area contributed by atoms with Crippen molar-refractivity contribution in [1.82, 2.24) is 4.98 Å². The summed E-state index contributed by atoms with van der Waals surface area (Å²) in [6, 6.07) is 3.77. The Hall–Kier alpha value is -1.77. The predicted octanol–water partition coefficient (Wildman–Crippen LogP) is 1.67. The summed E-state index contributed by atoms with van der Waals surface area (Å²) in [4.78, 5) is 13.0. The average Bonchev–Trinajstić information content (AvgIpc) is 2.49. The largest absolute Gasteiger partial charge is 0.478 e. The van der Waals surface area contributed by atoms with E-state index in [0.717, 1.165) is 11.8 Å². The third-order valence-corrected chi connectivity index (χ3v) is 1.25. The quantitative estimate of drug-likeness (QED) is 0.526. The highest BCUT2D eigenvalue weighted by molar-refractivity contribution is 5.80. The van der Waals surface area contributed by atoms with Crippen LogP contribution in [0.1, 0.15) is 5.69 Å². The number of hydrogen-bond donors (Lipinski definition) is 2. The standard InChI is InChI=1S/C9H9NO2/c11-9(12)6-2-1-4-8-5-3-7-10-8/h1-7,10H,(H,11,12)/b4-1+,6-2+. The second-order valence-corrected chi connectivity index (χ2v) is 2.18.